The SMILES string of the molecule is CCCn1c(=NC(=O)c2cccc(OC)c2)sc2cc(S(C)(=O)=O)ccc21. The van der Waals surface area contributed by atoms with Gasteiger partial charge in [0.2, 0.25) is 0 Å². The summed E-state index contributed by atoms with van der Waals surface area (Å²) in [7, 11) is -1.75. The number of hydrogen-bond acceptors (Lipinski definition) is 5. The van der Waals surface area contributed by atoms with Crippen LogP contribution in [0.5, 0.6) is 5.75 Å². The monoisotopic (exact) mass is 404 g/mol. The van der Waals surface area contributed by atoms with Crippen molar-refractivity contribution in [3.8, 4) is 5.75 Å². The van der Waals surface area contributed by atoms with Crippen LogP contribution >= 0.6 is 11.3 Å². The Labute approximate surface area is 161 Å². The fourth-order valence-electron chi connectivity index (χ4n) is 2.72. The second kappa shape index (κ2) is 7.66. The minimum absolute atomic E-state index is 0.255. The van der Waals surface area contributed by atoms with Gasteiger partial charge in [0.05, 0.1) is 22.2 Å². The van der Waals surface area contributed by atoms with Gasteiger partial charge in [-0.2, -0.15) is 4.99 Å². The molecular weight excluding hydrogens is 384 g/mol. The quantitative estimate of drug-likeness (QED) is 0.654. The average molecular weight is 405 g/mol. The lowest BCUT2D eigenvalue weighted by Gasteiger charge is -2.04. The summed E-state index contributed by atoms with van der Waals surface area (Å²) in [5.74, 6) is 0.222. The molecule has 0 saturated carbocycles. The van der Waals surface area contributed by atoms with Gasteiger partial charge in [-0.3, -0.25) is 4.79 Å². The van der Waals surface area contributed by atoms with Crippen molar-refractivity contribution in [3.05, 3.63) is 52.8 Å². The van der Waals surface area contributed by atoms with Crippen LogP contribution in [-0.4, -0.2) is 32.3 Å². The molecular formula is C19H20N2O4S2. The number of thiazole rings is 1. The predicted octanol–water partition coefficient (Wildman–Crippen LogP) is 3.27. The second-order valence-corrected chi connectivity index (χ2v) is 9.11. The molecule has 3 rings (SSSR count). The van der Waals surface area contributed by atoms with E-state index < -0.39 is 9.84 Å². The lowest BCUT2D eigenvalue weighted by Crippen LogP contribution is -2.16. The van der Waals surface area contributed by atoms with Gasteiger partial charge in [0, 0.05) is 18.4 Å². The number of hydrogen-bond donors (Lipinski definition) is 0. The number of carbonyl (C=O) groups excluding carboxylic acids is 1. The van der Waals surface area contributed by atoms with Crippen LogP contribution in [0.3, 0.4) is 0 Å². The summed E-state index contributed by atoms with van der Waals surface area (Å²) in [6, 6.07) is 11.8. The van der Waals surface area contributed by atoms with Crippen LogP contribution in [0.4, 0.5) is 0 Å². The number of nitrogens with zero attached hydrogens (tertiary/aromatic N) is 2. The van der Waals surface area contributed by atoms with E-state index in [2.05, 4.69) is 4.99 Å². The third kappa shape index (κ3) is 4.12. The Bertz CT molecular complexity index is 1170. The van der Waals surface area contributed by atoms with Gasteiger partial charge in [-0.05, 0) is 42.8 Å². The molecule has 3 aromatic rings. The number of amides is 1. The molecule has 0 saturated heterocycles. The molecule has 27 heavy (non-hydrogen) atoms. The summed E-state index contributed by atoms with van der Waals surface area (Å²) in [6.45, 7) is 2.72. The minimum atomic E-state index is -3.30. The van der Waals surface area contributed by atoms with Gasteiger partial charge in [-0.1, -0.05) is 24.3 Å². The molecule has 6 nitrogen and oxygen atoms in total. The first-order valence-corrected chi connectivity index (χ1v) is 11.1. The van der Waals surface area contributed by atoms with E-state index >= 15 is 0 Å². The lowest BCUT2D eigenvalue weighted by molar-refractivity contribution is 0.0997. The third-order valence-electron chi connectivity index (χ3n) is 4.04. The molecule has 0 N–H and O–H groups in total. The molecule has 1 heterocycles. The van der Waals surface area contributed by atoms with Crippen molar-refractivity contribution in [3.63, 3.8) is 0 Å². The van der Waals surface area contributed by atoms with Gasteiger partial charge in [0.1, 0.15) is 5.75 Å². The Kier molecular flexibility index (Phi) is 5.48. The first-order valence-electron chi connectivity index (χ1n) is 8.40. The summed E-state index contributed by atoms with van der Waals surface area (Å²) in [5.41, 5.74) is 1.30. The van der Waals surface area contributed by atoms with Crippen LogP contribution in [0.25, 0.3) is 10.2 Å². The van der Waals surface area contributed by atoms with Crippen LogP contribution in [0, 0.1) is 0 Å². The van der Waals surface area contributed by atoms with Crippen molar-refractivity contribution < 1.29 is 17.9 Å². The van der Waals surface area contributed by atoms with Crippen LogP contribution < -0.4 is 9.54 Å². The topological polar surface area (TPSA) is 77.7 Å². The van der Waals surface area contributed by atoms with Crippen LogP contribution in [0.15, 0.2) is 52.4 Å². The van der Waals surface area contributed by atoms with Gasteiger partial charge in [0.25, 0.3) is 5.91 Å². The van der Waals surface area contributed by atoms with Gasteiger partial charge >= 0.3 is 0 Å². The molecule has 0 atom stereocenters. The van der Waals surface area contributed by atoms with E-state index in [1.54, 1.807) is 49.6 Å². The molecule has 0 aliphatic heterocycles. The maximum absolute atomic E-state index is 12.6. The number of methoxy groups -OCH3 is 1. The predicted molar refractivity (Wildman–Crippen MR) is 106 cm³/mol. The molecule has 0 spiro atoms. The van der Waals surface area contributed by atoms with E-state index in [-0.39, 0.29) is 10.8 Å². The molecule has 0 aliphatic carbocycles. The normalized spacial score (nSPS) is 12.5. The molecule has 142 valence electrons. The molecule has 1 aromatic heterocycles. The molecule has 0 bridgehead atoms. The molecule has 1 amide bonds. The van der Waals surface area contributed by atoms with Gasteiger partial charge in [-0.15, -0.1) is 0 Å². The van der Waals surface area contributed by atoms with E-state index in [1.165, 1.54) is 17.6 Å². The third-order valence-corrected chi connectivity index (χ3v) is 6.19. The molecule has 0 unspecified atom stereocenters. The standard InChI is InChI=1S/C19H20N2O4S2/c1-4-10-21-16-9-8-15(27(3,23)24)12-17(16)26-19(21)20-18(22)13-6-5-7-14(11-13)25-2/h5-9,11-12H,4,10H2,1-3H3. The summed E-state index contributed by atoms with van der Waals surface area (Å²) in [4.78, 5) is 17.7. The van der Waals surface area contributed by atoms with E-state index in [9.17, 15) is 13.2 Å². The first kappa shape index (κ1) is 19.3. The van der Waals surface area contributed by atoms with E-state index in [0.717, 1.165) is 16.6 Å². The molecule has 2 aromatic carbocycles. The van der Waals surface area contributed by atoms with E-state index in [1.807, 2.05) is 11.5 Å². The summed E-state index contributed by atoms with van der Waals surface area (Å²) < 4.78 is 31.5. The van der Waals surface area contributed by atoms with Crippen molar-refractivity contribution in [1.82, 2.24) is 4.57 Å². The highest BCUT2D eigenvalue weighted by Crippen LogP contribution is 2.22. The Morgan fingerprint density at radius 3 is 2.67 bits per heavy atom. The zero-order valence-electron chi connectivity index (χ0n) is 15.3. The number of aromatic nitrogens is 1. The second-order valence-electron chi connectivity index (χ2n) is 6.09. The Morgan fingerprint density at radius 2 is 2.00 bits per heavy atom. The van der Waals surface area contributed by atoms with Crippen LogP contribution in [0.1, 0.15) is 23.7 Å². The Morgan fingerprint density at radius 1 is 1.22 bits per heavy atom. The van der Waals surface area contributed by atoms with E-state index in [4.69, 9.17) is 4.74 Å². The number of ether oxygens (including phenoxy) is 1. The molecule has 8 heteroatoms. The average Bonchev–Trinajstić information content (AvgIpc) is 2.98. The Balaban J connectivity index is 2.15. The number of sulfone groups is 1. The van der Waals surface area contributed by atoms with Crippen LogP contribution in [-0.2, 0) is 16.4 Å². The number of fused-ring (bicyclic) bond motifs is 1. The molecule has 0 aliphatic rings. The van der Waals surface area contributed by atoms with Gasteiger partial charge in [0.15, 0.2) is 14.6 Å². The molecule has 0 fully saturated rings. The number of rotatable bonds is 5. The number of aryl methyl sites for hydroxylation is 1. The Hall–Kier alpha value is -2.45. The maximum Gasteiger partial charge on any atom is 0.279 e. The summed E-state index contributed by atoms with van der Waals surface area (Å²) in [6.07, 6.45) is 2.04. The highest BCUT2D eigenvalue weighted by Gasteiger charge is 2.13. The fourth-order valence-corrected chi connectivity index (χ4v) is 4.53. The zero-order chi connectivity index (χ0) is 19.6. The largest absolute Gasteiger partial charge is 0.497 e. The van der Waals surface area contributed by atoms with E-state index in [0.29, 0.717) is 22.7 Å². The van der Waals surface area contributed by atoms with Crippen LogP contribution in [0.2, 0.25) is 0 Å². The van der Waals surface area contributed by atoms with Gasteiger partial charge < -0.3 is 9.30 Å². The van der Waals surface area contributed by atoms with Crippen molar-refractivity contribution in [2.45, 2.75) is 24.8 Å². The minimum Gasteiger partial charge on any atom is -0.497 e. The number of benzene rings is 2. The van der Waals surface area contributed by atoms with Crippen molar-refractivity contribution >= 4 is 37.3 Å². The summed E-state index contributed by atoms with van der Waals surface area (Å²) >= 11 is 1.31. The first-order chi connectivity index (χ1) is 12.8. The maximum atomic E-state index is 12.6. The fraction of sp³-hybridized carbons (Fsp3) is 0.263. The zero-order valence-corrected chi connectivity index (χ0v) is 16.9. The highest BCUT2D eigenvalue weighted by molar-refractivity contribution is 7.90. The van der Waals surface area contributed by atoms with Crippen molar-refractivity contribution in [2.75, 3.05) is 13.4 Å². The van der Waals surface area contributed by atoms with Gasteiger partial charge in [-0.25, -0.2) is 8.42 Å². The lowest BCUT2D eigenvalue weighted by atomic mass is 10.2. The smallest absolute Gasteiger partial charge is 0.279 e. The molecule has 0 radical (unpaired) electrons. The van der Waals surface area contributed by atoms with Crippen molar-refractivity contribution in [2.24, 2.45) is 4.99 Å². The number of carbonyl (C=O) groups is 1. The highest BCUT2D eigenvalue weighted by atomic mass is 32.2. The van der Waals surface area contributed by atoms with Crippen molar-refractivity contribution in [1.29, 1.82) is 0 Å². The summed E-state index contributed by atoms with van der Waals surface area (Å²) in [5, 5.41) is 0.